The van der Waals surface area contributed by atoms with Crippen LogP contribution in [-0.4, -0.2) is 61.1 Å². The molecule has 162 valence electrons. The van der Waals surface area contributed by atoms with Crippen LogP contribution in [0.4, 0.5) is 0 Å². The number of hydrogen-bond donors (Lipinski definition) is 3. The van der Waals surface area contributed by atoms with Crippen molar-refractivity contribution >= 4 is 16.5 Å². The van der Waals surface area contributed by atoms with Gasteiger partial charge in [-0.05, 0) is 23.8 Å². The molecule has 1 amide bonds. The molecule has 31 heavy (non-hydrogen) atoms. The topological polar surface area (TPSA) is 108 Å². The number of carbonyl (C=O) groups is 1. The lowest BCUT2D eigenvalue weighted by atomic mass is 10.0. The van der Waals surface area contributed by atoms with E-state index in [9.17, 15) is 19.0 Å². The summed E-state index contributed by atoms with van der Waals surface area (Å²) in [5.74, 6) is -0.309. The van der Waals surface area contributed by atoms with Gasteiger partial charge in [0.15, 0.2) is 5.69 Å². The summed E-state index contributed by atoms with van der Waals surface area (Å²) in [6.07, 6.45) is 0. The minimum Gasteiger partial charge on any atom is -0.392 e. The van der Waals surface area contributed by atoms with E-state index in [1.54, 1.807) is 21.7 Å². The second-order valence-corrected chi connectivity index (χ2v) is 9.69. The molecule has 0 radical (unpaired) electrons. The first-order chi connectivity index (χ1) is 15.0. The average molecular weight is 442 g/mol. The van der Waals surface area contributed by atoms with Gasteiger partial charge in [0.05, 0.1) is 41.9 Å². The molecule has 3 heterocycles. The zero-order valence-electron chi connectivity index (χ0n) is 16.8. The predicted molar refractivity (Wildman–Crippen MR) is 116 cm³/mol. The Morgan fingerprint density at radius 1 is 1.10 bits per heavy atom. The van der Waals surface area contributed by atoms with Crippen LogP contribution in [0, 0.1) is 0 Å². The summed E-state index contributed by atoms with van der Waals surface area (Å²) < 4.78 is 28.8. The molecule has 0 spiro atoms. The molecule has 0 saturated carbocycles. The molecule has 9 heteroatoms. The van der Waals surface area contributed by atoms with E-state index in [1.165, 1.54) is 0 Å². The number of benzene rings is 2. The van der Waals surface area contributed by atoms with Crippen molar-refractivity contribution in [2.45, 2.75) is 17.3 Å². The van der Waals surface area contributed by atoms with Gasteiger partial charge in [-0.1, -0.05) is 30.3 Å². The van der Waals surface area contributed by atoms with Gasteiger partial charge in [0, 0.05) is 24.2 Å². The Morgan fingerprint density at radius 3 is 2.65 bits per heavy atom. The van der Waals surface area contributed by atoms with Gasteiger partial charge < -0.3 is 14.7 Å². The van der Waals surface area contributed by atoms with Crippen LogP contribution < -0.4 is 0 Å². The van der Waals surface area contributed by atoms with Crippen molar-refractivity contribution in [2.24, 2.45) is 0 Å². The predicted octanol–water partition coefficient (Wildman–Crippen LogP) is 3.13. The lowest BCUT2D eigenvalue weighted by Crippen LogP contribution is -2.41. The fourth-order valence-corrected chi connectivity index (χ4v) is 5.80. The quantitative estimate of drug-likeness (QED) is 0.576. The van der Waals surface area contributed by atoms with Crippen LogP contribution in [0.5, 0.6) is 0 Å². The molecule has 0 unspecified atom stereocenters. The van der Waals surface area contributed by atoms with Crippen LogP contribution in [0.15, 0.2) is 53.4 Å². The van der Waals surface area contributed by atoms with E-state index in [4.69, 9.17) is 4.74 Å². The number of morpholine rings is 1. The maximum Gasteiger partial charge on any atom is 0.274 e. The van der Waals surface area contributed by atoms with E-state index in [0.29, 0.717) is 53.7 Å². The number of ether oxygens (including phenoxy) is 1. The van der Waals surface area contributed by atoms with Gasteiger partial charge in [-0.25, -0.2) is 4.68 Å². The maximum absolute atomic E-state index is 13.4. The first kappa shape index (κ1) is 20.2. The molecule has 8 nitrogen and oxygen atoms in total. The molecule has 1 fully saturated rings. The van der Waals surface area contributed by atoms with Gasteiger partial charge in [0.2, 0.25) is 0 Å². The lowest BCUT2D eigenvalue weighted by molar-refractivity contribution is 0.0298. The molecule has 3 N–H and O–H groups in total. The van der Waals surface area contributed by atoms with Crippen molar-refractivity contribution in [1.29, 1.82) is 0 Å². The summed E-state index contributed by atoms with van der Waals surface area (Å²) in [6.45, 7) is 1.74. The third-order valence-electron chi connectivity index (χ3n) is 5.66. The number of hydrogen-bond acceptors (Lipinski definition) is 6. The monoisotopic (exact) mass is 441 g/mol. The highest BCUT2D eigenvalue weighted by Gasteiger charge is 2.37. The Bertz CT molecular complexity index is 1150. The smallest absolute Gasteiger partial charge is 0.274 e. The zero-order valence-corrected chi connectivity index (χ0v) is 17.6. The molecule has 3 aromatic rings. The van der Waals surface area contributed by atoms with E-state index in [0.717, 1.165) is 5.56 Å². The Kier molecular flexibility index (Phi) is 5.07. The minimum atomic E-state index is -3.11. The first-order valence-corrected chi connectivity index (χ1v) is 11.8. The first-order valence-electron chi connectivity index (χ1n) is 10.0. The third-order valence-corrected chi connectivity index (χ3v) is 7.41. The summed E-state index contributed by atoms with van der Waals surface area (Å²) >= 11 is 0. The second-order valence-electron chi connectivity index (χ2n) is 7.63. The number of aliphatic hydroxyl groups is 1. The number of nitrogens with zero attached hydrogens (tertiary/aromatic N) is 3. The molecule has 2 aromatic carbocycles. The van der Waals surface area contributed by atoms with Gasteiger partial charge in [0.1, 0.15) is 0 Å². The zero-order chi connectivity index (χ0) is 21.6. The molecule has 1 aromatic heterocycles. The van der Waals surface area contributed by atoms with E-state index in [-0.39, 0.29) is 24.0 Å². The molecule has 0 aliphatic carbocycles. The van der Waals surface area contributed by atoms with Crippen LogP contribution in [0.2, 0.25) is 0 Å². The minimum absolute atomic E-state index is 0.0650. The van der Waals surface area contributed by atoms with Crippen molar-refractivity contribution in [1.82, 2.24) is 14.7 Å². The molecule has 0 atom stereocenters. The van der Waals surface area contributed by atoms with E-state index in [1.807, 2.05) is 36.4 Å². The molecular weight excluding hydrogens is 418 g/mol. The van der Waals surface area contributed by atoms with Crippen LogP contribution in [0.3, 0.4) is 0 Å². The molecule has 2 aliphatic rings. The van der Waals surface area contributed by atoms with Gasteiger partial charge in [0.25, 0.3) is 5.91 Å². The summed E-state index contributed by atoms with van der Waals surface area (Å²) in [5, 5.41) is 14.2. The van der Waals surface area contributed by atoms with Crippen LogP contribution in [0.1, 0.15) is 21.6 Å². The van der Waals surface area contributed by atoms with Crippen molar-refractivity contribution in [2.75, 3.05) is 26.3 Å². The Labute approximate surface area is 181 Å². The van der Waals surface area contributed by atoms with Crippen LogP contribution >= 0.6 is 10.6 Å². The number of rotatable bonds is 3. The van der Waals surface area contributed by atoms with Crippen LogP contribution in [-0.2, 0) is 17.1 Å². The van der Waals surface area contributed by atoms with Crippen LogP contribution in [0.25, 0.3) is 16.9 Å². The Balaban J connectivity index is 1.73. The van der Waals surface area contributed by atoms with E-state index >= 15 is 0 Å². The molecule has 2 aliphatic heterocycles. The van der Waals surface area contributed by atoms with Gasteiger partial charge in [-0.3, -0.25) is 13.9 Å². The lowest BCUT2D eigenvalue weighted by Gasteiger charge is -2.38. The SMILES string of the molecule is O=C(c1nn(-c2cccc(CO)c2)c2c1CS(O)(O)c1ccccc1-2)N1CCOCC1. The third kappa shape index (κ3) is 3.44. The van der Waals surface area contributed by atoms with Crippen molar-refractivity contribution in [3.8, 4) is 16.9 Å². The van der Waals surface area contributed by atoms with Gasteiger partial charge >= 0.3 is 0 Å². The molecule has 5 rings (SSSR count). The van der Waals surface area contributed by atoms with Crippen molar-refractivity contribution < 1.29 is 23.7 Å². The fraction of sp³-hybridized carbons (Fsp3) is 0.273. The highest BCUT2D eigenvalue weighted by molar-refractivity contribution is 8.23. The maximum atomic E-state index is 13.4. The number of fused-ring (bicyclic) bond motifs is 3. The summed E-state index contributed by atoms with van der Waals surface area (Å²) in [4.78, 5) is 15.5. The van der Waals surface area contributed by atoms with Crippen molar-refractivity contribution in [3.63, 3.8) is 0 Å². The highest BCUT2D eigenvalue weighted by Crippen LogP contribution is 2.59. The standard InChI is InChI=1S/C22H23N3O5S/c26-13-15-4-3-5-16(12-15)25-21-17-6-1-2-7-19(17)31(28,29)14-18(21)20(23-25)22(27)24-8-10-30-11-9-24/h1-7,12,26,28-29H,8-11,13-14H2. The second kappa shape index (κ2) is 7.77. The highest BCUT2D eigenvalue weighted by atomic mass is 32.3. The average Bonchev–Trinajstić information content (AvgIpc) is 3.18. The normalized spacial score (nSPS) is 18.2. The fourth-order valence-electron chi connectivity index (χ4n) is 4.15. The number of aromatic nitrogens is 2. The number of amides is 1. The van der Waals surface area contributed by atoms with Gasteiger partial charge in [-0.2, -0.15) is 15.7 Å². The van der Waals surface area contributed by atoms with E-state index < -0.39 is 10.6 Å². The molecule has 0 bridgehead atoms. The summed E-state index contributed by atoms with van der Waals surface area (Å²) in [7, 11) is -3.11. The van der Waals surface area contributed by atoms with Gasteiger partial charge in [-0.15, -0.1) is 0 Å². The molecule has 1 saturated heterocycles. The summed E-state index contributed by atoms with van der Waals surface area (Å²) in [6, 6.07) is 14.4. The number of carbonyl (C=O) groups excluding carboxylic acids is 1. The number of aliphatic hydroxyl groups excluding tert-OH is 1. The van der Waals surface area contributed by atoms with E-state index in [2.05, 4.69) is 5.10 Å². The Hall–Kier alpha value is -2.69. The Morgan fingerprint density at radius 2 is 1.87 bits per heavy atom. The summed E-state index contributed by atoms with van der Waals surface area (Å²) in [5.41, 5.74) is 3.48. The molecular formula is C22H23N3O5S. The largest absolute Gasteiger partial charge is 0.392 e. The van der Waals surface area contributed by atoms with Crippen molar-refractivity contribution in [3.05, 3.63) is 65.4 Å².